The van der Waals surface area contributed by atoms with E-state index in [9.17, 15) is 9.50 Å². The van der Waals surface area contributed by atoms with Gasteiger partial charge in [-0.2, -0.15) is 0 Å². The predicted octanol–water partition coefficient (Wildman–Crippen LogP) is 5.59. The number of aryl methyl sites for hydroxylation is 1. The van der Waals surface area contributed by atoms with Crippen LogP contribution >= 0.6 is 0 Å². The summed E-state index contributed by atoms with van der Waals surface area (Å²) in [5, 5.41) is 13.7. The average Bonchev–Trinajstić information content (AvgIpc) is 2.93. The number of aliphatic hydroxyl groups is 1. The Labute approximate surface area is 190 Å². The maximum Gasteiger partial charge on any atom is 0.123 e. The summed E-state index contributed by atoms with van der Waals surface area (Å²) in [7, 11) is 2.19. The number of likely N-dealkylation sites (N-methyl/N-ethyl adjacent to an activating group) is 1. The van der Waals surface area contributed by atoms with E-state index in [0.717, 1.165) is 57.2 Å². The molecule has 32 heavy (non-hydrogen) atoms. The molecule has 1 unspecified atom stereocenters. The van der Waals surface area contributed by atoms with Gasteiger partial charge in [-0.25, -0.2) is 4.39 Å². The van der Waals surface area contributed by atoms with E-state index in [2.05, 4.69) is 41.6 Å². The first-order valence-corrected chi connectivity index (χ1v) is 12.2. The first kappa shape index (κ1) is 21.7. The summed E-state index contributed by atoms with van der Waals surface area (Å²) < 4.78 is 16.2. The van der Waals surface area contributed by atoms with Crippen molar-refractivity contribution in [2.75, 3.05) is 20.1 Å². The summed E-state index contributed by atoms with van der Waals surface area (Å²) in [5.41, 5.74) is 5.15. The van der Waals surface area contributed by atoms with Gasteiger partial charge in [0.05, 0.1) is 6.54 Å². The Morgan fingerprint density at radius 2 is 1.72 bits per heavy atom. The van der Waals surface area contributed by atoms with Gasteiger partial charge in [-0.3, -0.25) is 0 Å². The number of benzene rings is 2. The molecule has 2 aromatic carbocycles. The van der Waals surface area contributed by atoms with Gasteiger partial charge < -0.3 is 14.6 Å². The lowest BCUT2D eigenvalue weighted by atomic mass is 9.73. The van der Waals surface area contributed by atoms with Crippen LogP contribution in [0.3, 0.4) is 0 Å². The SMILES string of the molecule is Cc1ccc2c(c1)c1c(n2CC(O)(c2ccc(F)cc2)C2CCCCC2)CCN(C)CC1. The number of hydrogen-bond acceptors (Lipinski definition) is 2. The van der Waals surface area contributed by atoms with Crippen LogP contribution < -0.4 is 0 Å². The molecule has 3 aromatic rings. The third-order valence-corrected chi connectivity index (χ3v) is 7.94. The molecule has 2 aliphatic rings. The fraction of sp³-hybridized carbons (Fsp3) is 0.500. The molecular weight excluding hydrogens is 399 g/mol. The van der Waals surface area contributed by atoms with Gasteiger partial charge in [-0.15, -0.1) is 0 Å². The molecule has 5 rings (SSSR count). The highest BCUT2D eigenvalue weighted by atomic mass is 19.1. The molecule has 0 spiro atoms. The van der Waals surface area contributed by atoms with Crippen molar-refractivity contribution in [1.82, 2.24) is 9.47 Å². The molecule has 0 amide bonds. The van der Waals surface area contributed by atoms with Gasteiger partial charge in [0.2, 0.25) is 0 Å². The van der Waals surface area contributed by atoms with Crippen LogP contribution in [0.15, 0.2) is 42.5 Å². The van der Waals surface area contributed by atoms with Crippen LogP contribution in [-0.2, 0) is 25.0 Å². The summed E-state index contributed by atoms with van der Waals surface area (Å²) >= 11 is 0. The lowest BCUT2D eigenvalue weighted by Crippen LogP contribution is -2.41. The quantitative estimate of drug-likeness (QED) is 0.580. The number of rotatable bonds is 4. The van der Waals surface area contributed by atoms with Crippen LogP contribution in [0.1, 0.15) is 54.5 Å². The third-order valence-electron chi connectivity index (χ3n) is 7.94. The minimum atomic E-state index is -1.00. The Morgan fingerprint density at radius 3 is 2.47 bits per heavy atom. The van der Waals surface area contributed by atoms with E-state index in [1.807, 2.05) is 0 Å². The van der Waals surface area contributed by atoms with Gasteiger partial charge in [-0.05, 0) is 74.5 Å². The Balaban J connectivity index is 1.65. The summed E-state index contributed by atoms with van der Waals surface area (Å²) in [6.45, 7) is 4.77. The van der Waals surface area contributed by atoms with Crippen molar-refractivity contribution in [3.63, 3.8) is 0 Å². The largest absolute Gasteiger partial charge is 0.383 e. The standard InChI is InChI=1S/C28H35FN2O/c1-20-8-13-26-25(18-20)24-14-16-30(2)17-15-27(24)31(26)19-28(32,21-6-4-3-5-7-21)22-9-11-23(29)12-10-22/h8-13,18,21,32H,3-7,14-17,19H2,1-2H3. The lowest BCUT2D eigenvalue weighted by molar-refractivity contribution is -0.0528. The van der Waals surface area contributed by atoms with E-state index >= 15 is 0 Å². The third kappa shape index (κ3) is 3.88. The Hall–Kier alpha value is -2.17. The van der Waals surface area contributed by atoms with E-state index in [-0.39, 0.29) is 11.7 Å². The highest BCUT2D eigenvalue weighted by Crippen LogP contribution is 2.42. The summed E-state index contributed by atoms with van der Waals surface area (Å²) in [6.07, 6.45) is 7.63. The zero-order valence-electron chi connectivity index (χ0n) is 19.4. The number of aromatic nitrogens is 1. The molecule has 1 N–H and O–H groups in total. The number of halogens is 1. The molecule has 1 saturated carbocycles. The molecule has 170 valence electrons. The molecule has 0 saturated heterocycles. The van der Waals surface area contributed by atoms with Crippen LogP contribution in [0, 0.1) is 18.7 Å². The van der Waals surface area contributed by atoms with Gasteiger partial charge >= 0.3 is 0 Å². The topological polar surface area (TPSA) is 28.4 Å². The van der Waals surface area contributed by atoms with Crippen LogP contribution in [0.25, 0.3) is 10.9 Å². The smallest absolute Gasteiger partial charge is 0.123 e. The second-order valence-corrected chi connectivity index (χ2v) is 10.1. The molecular formula is C28H35FN2O. The zero-order valence-corrected chi connectivity index (χ0v) is 19.4. The second kappa shape index (κ2) is 8.64. The summed E-state index contributed by atoms with van der Waals surface area (Å²) in [6, 6.07) is 13.3. The molecule has 1 fully saturated rings. The van der Waals surface area contributed by atoms with Crippen molar-refractivity contribution in [2.24, 2.45) is 5.92 Å². The van der Waals surface area contributed by atoms with Gasteiger partial charge in [0.1, 0.15) is 11.4 Å². The molecule has 1 aliphatic heterocycles. The van der Waals surface area contributed by atoms with Crippen molar-refractivity contribution >= 4 is 10.9 Å². The lowest BCUT2D eigenvalue weighted by Gasteiger charge is -2.40. The molecule has 0 radical (unpaired) electrons. The van der Waals surface area contributed by atoms with E-state index in [1.54, 1.807) is 12.1 Å². The first-order chi connectivity index (χ1) is 15.5. The molecule has 3 nitrogen and oxygen atoms in total. The number of fused-ring (bicyclic) bond motifs is 3. The molecule has 2 heterocycles. The van der Waals surface area contributed by atoms with Crippen LogP contribution in [0.4, 0.5) is 4.39 Å². The number of nitrogens with zero attached hydrogens (tertiary/aromatic N) is 2. The highest BCUT2D eigenvalue weighted by Gasteiger charge is 2.40. The van der Waals surface area contributed by atoms with Gasteiger partial charge in [0.25, 0.3) is 0 Å². The predicted molar refractivity (Wildman–Crippen MR) is 128 cm³/mol. The Bertz CT molecular complexity index is 1100. The van der Waals surface area contributed by atoms with Gasteiger partial charge in [0, 0.05) is 36.1 Å². The van der Waals surface area contributed by atoms with Crippen molar-refractivity contribution < 1.29 is 9.50 Å². The maximum absolute atomic E-state index is 13.8. The van der Waals surface area contributed by atoms with Gasteiger partial charge in [0.15, 0.2) is 0 Å². The Morgan fingerprint density at radius 1 is 1.00 bits per heavy atom. The van der Waals surface area contributed by atoms with Crippen molar-refractivity contribution in [2.45, 2.75) is 64.0 Å². The average molecular weight is 435 g/mol. The zero-order chi connectivity index (χ0) is 22.3. The highest BCUT2D eigenvalue weighted by molar-refractivity contribution is 5.86. The van der Waals surface area contributed by atoms with Crippen molar-refractivity contribution in [3.05, 3.63) is 70.7 Å². The van der Waals surface area contributed by atoms with Crippen molar-refractivity contribution in [3.8, 4) is 0 Å². The van der Waals surface area contributed by atoms with Crippen LogP contribution in [-0.4, -0.2) is 34.7 Å². The molecule has 0 bridgehead atoms. The first-order valence-electron chi connectivity index (χ1n) is 12.2. The Kier molecular flexibility index (Phi) is 5.85. The monoisotopic (exact) mass is 434 g/mol. The molecule has 4 heteroatoms. The van der Waals surface area contributed by atoms with Crippen LogP contribution in [0.2, 0.25) is 0 Å². The maximum atomic E-state index is 13.8. The second-order valence-electron chi connectivity index (χ2n) is 10.1. The normalized spacial score (nSPS) is 20.1. The summed E-state index contributed by atoms with van der Waals surface area (Å²) in [4.78, 5) is 2.40. The molecule has 1 aromatic heterocycles. The fourth-order valence-electron chi connectivity index (χ4n) is 6.06. The van der Waals surface area contributed by atoms with Crippen LogP contribution in [0.5, 0.6) is 0 Å². The van der Waals surface area contributed by atoms with E-state index in [0.29, 0.717) is 6.54 Å². The summed E-state index contributed by atoms with van der Waals surface area (Å²) in [5.74, 6) is -0.0627. The number of hydrogen-bond donors (Lipinski definition) is 1. The van der Waals surface area contributed by atoms with Crippen molar-refractivity contribution in [1.29, 1.82) is 0 Å². The minimum Gasteiger partial charge on any atom is -0.383 e. The molecule has 1 aliphatic carbocycles. The van der Waals surface area contributed by atoms with E-state index in [1.165, 1.54) is 46.3 Å². The van der Waals surface area contributed by atoms with E-state index < -0.39 is 5.60 Å². The van der Waals surface area contributed by atoms with E-state index in [4.69, 9.17) is 0 Å². The fourth-order valence-corrected chi connectivity index (χ4v) is 6.06. The molecule has 1 atom stereocenters. The minimum absolute atomic E-state index is 0.189. The van der Waals surface area contributed by atoms with Gasteiger partial charge in [-0.1, -0.05) is 43.0 Å².